The maximum atomic E-state index is 14.6. The van der Waals surface area contributed by atoms with Crippen LogP contribution in [0.4, 0.5) is 33.7 Å². The van der Waals surface area contributed by atoms with Crippen LogP contribution in [0, 0.1) is 5.82 Å². The Morgan fingerprint density at radius 3 is 2.47 bits per heavy atom. The number of rotatable bonds is 5. The number of nitrogens with zero attached hydrogens (tertiary/aromatic N) is 2. The average Bonchev–Trinajstić information content (AvgIpc) is 3.52. The number of carbonyl (C=O) groups is 3. The van der Waals surface area contributed by atoms with Gasteiger partial charge in [0.05, 0.1) is 33.7 Å². The topological polar surface area (TPSA) is 125 Å². The molecule has 1 aromatic carbocycles. The van der Waals surface area contributed by atoms with Crippen LogP contribution in [0.5, 0.6) is 0 Å². The van der Waals surface area contributed by atoms with Crippen LogP contribution in [0.1, 0.15) is 16.1 Å². The predicted molar refractivity (Wildman–Crippen MR) is 124 cm³/mol. The number of cyclic esters (lactones) is 1. The summed E-state index contributed by atoms with van der Waals surface area (Å²) in [6, 6.07) is 8.00. The number of nitrogens with one attached hydrogen (secondary N) is 1. The average molecular weight is 553 g/mol. The zero-order chi connectivity index (χ0) is 26.6. The Labute approximate surface area is 211 Å². The van der Waals surface area contributed by atoms with Gasteiger partial charge in [-0.1, -0.05) is 11.6 Å². The van der Waals surface area contributed by atoms with Crippen molar-refractivity contribution in [3.63, 3.8) is 0 Å². The highest BCUT2D eigenvalue weighted by atomic mass is 35.5. The van der Waals surface area contributed by atoms with Gasteiger partial charge in [0.2, 0.25) is 0 Å². The number of carboxylic acids is 1. The molecule has 9 nitrogen and oxygen atoms in total. The van der Waals surface area contributed by atoms with E-state index in [0.717, 1.165) is 6.42 Å². The maximum absolute atomic E-state index is 14.6. The fourth-order valence-electron chi connectivity index (χ4n) is 3.49. The fourth-order valence-corrected chi connectivity index (χ4v) is 4.45. The second-order valence-corrected chi connectivity index (χ2v) is 9.58. The zero-order valence-corrected chi connectivity index (χ0v) is 20.0. The van der Waals surface area contributed by atoms with Crippen LogP contribution in [0.25, 0.3) is 0 Å². The van der Waals surface area contributed by atoms with Crippen molar-refractivity contribution in [1.29, 1.82) is 0 Å². The molecule has 0 radical (unpaired) electrons. The summed E-state index contributed by atoms with van der Waals surface area (Å²) < 4.78 is 52.2. The van der Waals surface area contributed by atoms with E-state index in [0.29, 0.717) is 33.7 Å². The minimum absolute atomic E-state index is 0.0452. The molecule has 2 saturated heterocycles. The standard InChI is InChI=1S/C19H20ClFN4O3S.C2HF3O2/c20-17-4-3-16(29-17)18(26)23-8-13-10-25(19(27)28-13)12-1-2-15(14(21)7-12)24-6-5-11(22)9-24;3-2(4,5)1(6)7/h1-4,7,11,13H,5-6,8-10,22H2,(H,23,26);(H,6,7). The van der Waals surface area contributed by atoms with Crippen molar-refractivity contribution < 1.29 is 41.8 Å². The highest BCUT2D eigenvalue weighted by Crippen LogP contribution is 2.29. The number of hydrogen-bond donors (Lipinski definition) is 3. The summed E-state index contributed by atoms with van der Waals surface area (Å²) in [5.41, 5.74) is 6.79. The van der Waals surface area contributed by atoms with Crippen LogP contribution in [0.3, 0.4) is 0 Å². The molecule has 2 aromatic rings. The minimum Gasteiger partial charge on any atom is -0.475 e. The fraction of sp³-hybridized carbons (Fsp3) is 0.381. The van der Waals surface area contributed by atoms with E-state index < -0.39 is 30.2 Å². The normalized spacial score (nSPS) is 19.6. The van der Waals surface area contributed by atoms with Crippen molar-refractivity contribution in [1.82, 2.24) is 5.32 Å². The van der Waals surface area contributed by atoms with Gasteiger partial charge in [0, 0.05) is 19.1 Å². The van der Waals surface area contributed by atoms with Crippen molar-refractivity contribution in [3.05, 3.63) is 45.4 Å². The van der Waals surface area contributed by atoms with E-state index in [9.17, 15) is 27.2 Å². The van der Waals surface area contributed by atoms with Crippen LogP contribution in [-0.2, 0) is 9.53 Å². The van der Waals surface area contributed by atoms with E-state index in [2.05, 4.69) is 5.32 Å². The lowest BCUT2D eigenvalue weighted by molar-refractivity contribution is -0.192. The number of hydrogen-bond acceptors (Lipinski definition) is 7. The van der Waals surface area contributed by atoms with Crippen LogP contribution in [0.2, 0.25) is 4.34 Å². The van der Waals surface area contributed by atoms with Crippen molar-refractivity contribution in [2.45, 2.75) is 24.7 Å². The lowest BCUT2D eigenvalue weighted by Crippen LogP contribution is -2.34. The summed E-state index contributed by atoms with van der Waals surface area (Å²) in [5, 5.41) is 9.85. The molecule has 4 N–H and O–H groups in total. The van der Waals surface area contributed by atoms with E-state index in [1.807, 2.05) is 4.90 Å². The molecular weight excluding hydrogens is 532 g/mol. The number of benzene rings is 1. The number of aliphatic carboxylic acids is 1. The van der Waals surface area contributed by atoms with Gasteiger partial charge >= 0.3 is 18.2 Å². The zero-order valence-electron chi connectivity index (χ0n) is 18.4. The van der Waals surface area contributed by atoms with Crippen LogP contribution >= 0.6 is 22.9 Å². The molecule has 2 fully saturated rings. The number of carbonyl (C=O) groups excluding carboxylic acids is 2. The Hall–Kier alpha value is -3.10. The molecule has 2 atom stereocenters. The quantitative estimate of drug-likeness (QED) is 0.485. The first-order valence-corrected chi connectivity index (χ1v) is 11.7. The van der Waals surface area contributed by atoms with E-state index in [1.54, 1.807) is 24.3 Å². The first kappa shape index (κ1) is 27.5. The third-order valence-electron chi connectivity index (χ3n) is 5.21. The van der Waals surface area contributed by atoms with Crippen molar-refractivity contribution >= 4 is 52.3 Å². The van der Waals surface area contributed by atoms with E-state index in [4.69, 9.17) is 32.0 Å². The second-order valence-electron chi connectivity index (χ2n) is 7.86. The molecule has 0 saturated carbocycles. The lowest BCUT2D eigenvalue weighted by atomic mass is 10.2. The van der Waals surface area contributed by atoms with Gasteiger partial charge in [0.1, 0.15) is 11.9 Å². The number of anilines is 2. The molecule has 0 spiro atoms. The molecule has 196 valence electrons. The highest BCUT2D eigenvalue weighted by Gasteiger charge is 2.38. The monoisotopic (exact) mass is 552 g/mol. The van der Waals surface area contributed by atoms with Gasteiger partial charge in [-0.15, -0.1) is 11.3 Å². The Morgan fingerprint density at radius 1 is 1.25 bits per heavy atom. The number of nitrogens with two attached hydrogens (primary N) is 1. The Kier molecular flexibility index (Phi) is 8.63. The maximum Gasteiger partial charge on any atom is 0.490 e. The number of ether oxygens (including phenoxy) is 1. The van der Waals surface area contributed by atoms with Gasteiger partial charge in [0.15, 0.2) is 0 Å². The minimum atomic E-state index is -5.08. The molecule has 0 aliphatic carbocycles. The summed E-state index contributed by atoms with van der Waals surface area (Å²) in [4.78, 5) is 37.0. The Balaban J connectivity index is 0.000000454. The van der Waals surface area contributed by atoms with Crippen molar-refractivity contribution in [2.24, 2.45) is 5.73 Å². The van der Waals surface area contributed by atoms with Crippen LogP contribution in [-0.4, -0.2) is 67.6 Å². The van der Waals surface area contributed by atoms with E-state index >= 15 is 0 Å². The molecule has 2 aliphatic heterocycles. The van der Waals surface area contributed by atoms with Gasteiger partial charge < -0.3 is 25.8 Å². The summed E-state index contributed by atoms with van der Waals surface area (Å²) in [7, 11) is 0. The Morgan fingerprint density at radius 2 is 1.94 bits per heavy atom. The molecular formula is C21H21ClF4N4O5S. The summed E-state index contributed by atoms with van der Waals surface area (Å²) >= 11 is 7.00. The van der Waals surface area contributed by atoms with Crippen molar-refractivity contribution in [3.8, 4) is 0 Å². The van der Waals surface area contributed by atoms with E-state index in [-0.39, 0.29) is 25.0 Å². The Bertz CT molecular complexity index is 1130. The van der Waals surface area contributed by atoms with Crippen molar-refractivity contribution in [2.75, 3.05) is 36.0 Å². The third-order valence-corrected chi connectivity index (χ3v) is 6.44. The molecule has 1 aromatic heterocycles. The number of thiophene rings is 1. The molecule has 0 bridgehead atoms. The van der Waals surface area contributed by atoms with Gasteiger partial charge in [-0.05, 0) is 36.8 Å². The van der Waals surface area contributed by atoms with Gasteiger partial charge in [-0.3, -0.25) is 9.69 Å². The SMILES string of the molecule is NC1CCN(c2ccc(N3CC(CNC(=O)c4ccc(Cl)s4)OC3=O)cc2F)C1.O=C(O)C(F)(F)F. The highest BCUT2D eigenvalue weighted by molar-refractivity contribution is 7.18. The first-order valence-electron chi connectivity index (χ1n) is 10.5. The summed E-state index contributed by atoms with van der Waals surface area (Å²) in [5.74, 6) is -3.45. The molecule has 4 rings (SSSR count). The molecule has 2 unspecified atom stereocenters. The number of carboxylic acid groups (broad SMARTS) is 1. The second kappa shape index (κ2) is 11.3. The number of alkyl halides is 3. The van der Waals surface area contributed by atoms with E-state index in [1.165, 1.54) is 22.3 Å². The molecule has 2 aliphatic rings. The third kappa shape index (κ3) is 6.98. The van der Waals surface area contributed by atoms with Gasteiger partial charge in [-0.2, -0.15) is 13.2 Å². The number of amides is 2. The number of halogens is 5. The molecule has 2 amide bonds. The molecule has 3 heterocycles. The van der Waals surface area contributed by atoms with Gasteiger partial charge in [0.25, 0.3) is 5.91 Å². The largest absolute Gasteiger partial charge is 0.490 e. The predicted octanol–water partition coefficient (Wildman–Crippen LogP) is 3.47. The summed E-state index contributed by atoms with van der Waals surface area (Å²) in [6.07, 6.45) is -5.36. The van der Waals surface area contributed by atoms with Crippen LogP contribution in [0.15, 0.2) is 30.3 Å². The summed E-state index contributed by atoms with van der Waals surface area (Å²) in [6.45, 7) is 1.69. The molecule has 36 heavy (non-hydrogen) atoms. The van der Waals surface area contributed by atoms with Gasteiger partial charge in [-0.25, -0.2) is 14.0 Å². The first-order chi connectivity index (χ1) is 16.8. The van der Waals surface area contributed by atoms with Crippen LogP contribution < -0.4 is 20.9 Å². The molecule has 15 heteroatoms. The smallest absolute Gasteiger partial charge is 0.475 e. The lowest BCUT2D eigenvalue weighted by Gasteiger charge is -2.20.